The predicted molar refractivity (Wildman–Crippen MR) is 114 cm³/mol. The maximum Gasteiger partial charge on any atom is 0.191 e. The fraction of sp³-hybridized carbons (Fsp3) is 0.944. The van der Waals surface area contributed by atoms with E-state index in [1.54, 1.807) is 0 Å². The summed E-state index contributed by atoms with van der Waals surface area (Å²) >= 11 is 0. The van der Waals surface area contributed by atoms with Crippen LogP contribution in [0, 0.1) is 11.8 Å². The van der Waals surface area contributed by atoms with Gasteiger partial charge in [0.15, 0.2) is 5.96 Å². The van der Waals surface area contributed by atoms with Crippen LogP contribution in [0.1, 0.15) is 40.0 Å². The molecule has 0 spiro atoms. The second-order valence-corrected chi connectivity index (χ2v) is 7.81. The van der Waals surface area contributed by atoms with E-state index in [2.05, 4.69) is 53.2 Å². The molecule has 0 radical (unpaired) electrons. The molecular formula is C18H38IN5. The fourth-order valence-corrected chi connectivity index (χ4v) is 3.73. The van der Waals surface area contributed by atoms with E-state index in [4.69, 9.17) is 0 Å². The first-order valence-electron chi connectivity index (χ1n) is 9.39. The summed E-state index contributed by atoms with van der Waals surface area (Å²) in [6.45, 7) is 12.7. The molecule has 6 heteroatoms. The van der Waals surface area contributed by atoms with Gasteiger partial charge in [-0.15, -0.1) is 24.0 Å². The van der Waals surface area contributed by atoms with Crippen LogP contribution in [0.3, 0.4) is 0 Å². The summed E-state index contributed by atoms with van der Waals surface area (Å²) in [5, 5.41) is 7.16. The van der Waals surface area contributed by atoms with Gasteiger partial charge in [-0.25, -0.2) is 0 Å². The summed E-state index contributed by atoms with van der Waals surface area (Å²) in [4.78, 5) is 9.40. The normalized spacial score (nSPS) is 27.3. The number of rotatable bonds is 5. The summed E-state index contributed by atoms with van der Waals surface area (Å²) in [6.07, 6.45) is 3.94. The van der Waals surface area contributed by atoms with Crippen LogP contribution in [0.15, 0.2) is 4.99 Å². The van der Waals surface area contributed by atoms with Crippen molar-refractivity contribution in [2.75, 3.05) is 46.8 Å². The highest BCUT2D eigenvalue weighted by Gasteiger charge is 2.31. The Kier molecular flexibility index (Phi) is 9.89. The molecule has 2 fully saturated rings. The number of guanidine groups is 1. The van der Waals surface area contributed by atoms with E-state index in [0.29, 0.717) is 18.0 Å². The van der Waals surface area contributed by atoms with Crippen LogP contribution in [-0.2, 0) is 0 Å². The minimum absolute atomic E-state index is 0. The van der Waals surface area contributed by atoms with Crippen LogP contribution in [-0.4, -0.2) is 74.7 Å². The van der Waals surface area contributed by atoms with E-state index in [1.807, 2.05) is 7.05 Å². The molecule has 2 aliphatic rings. The Balaban J connectivity index is 0.00000288. The summed E-state index contributed by atoms with van der Waals surface area (Å²) in [7, 11) is 4.11. The summed E-state index contributed by atoms with van der Waals surface area (Å²) in [5.41, 5.74) is 0. The Morgan fingerprint density at radius 2 is 1.88 bits per heavy atom. The average Bonchev–Trinajstić information content (AvgIpc) is 2.89. The lowest BCUT2D eigenvalue weighted by atomic mass is 9.94. The molecule has 5 nitrogen and oxygen atoms in total. The van der Waals surface area contributed by atoms with Crippen molar-refractivity contribution in [1.82, 2.24) is 20.4 Å². The molecule has 0 aromatic rings. The van der Waals surface area contributed by atoms with E-state index in [-0.39, 0.29) is 24.0 Å². The molecule has 2 atom stereocenters. The highest BCUT2D eigenvalue weighted by molar-refractivity contribution is 14.0. The van der Waals surface area contributed by atoms with Crippen molar-refractivity contribution >= 4 is 29.9 Å². The largest absolute Gasteiger partial charge is 0.356 e. The Morgan fingerprint density at radius 3 is 2.42 bits per heavy atom. The predicted octanol–water partition coefficient (Wildman–Crippen LogP) is 2.23. The number of piperidine rings is 1. The van der Waals surface area contributed by atoms with Gasteiger partial charge in [0.2, 0.25) is 0 Å². The van der Waals surface area contributed by atoms with Gasteiger partial charge >= 0.3 is 0 Å². The molecule has 2 aliphatic heterocycles. The van der Waals surface area contributed by atoms with Crippen LogP contribution in [0.2, 0.25) is 0 Å². The van der Waals surface area contributed by atoms with Crippen molar-refractivity contribution in [1.29, 1.82) is 0 Å². The Labute approximate surface area is 166 Å². The third-order valence-electron chi connectivity index (χ3n) is 5.60. The molecule has 0 amide bonds. The molecule has 2 saturated heterocycles. The van der Waals surface area contributed by atoms with E-state index < -0.39 is 0 Å². The van der Waals surface area contributed by atoms with E-state index >= 15 is 0 Å². The van der Waals surface area contributed by atoms with E-state index in [9.17, 15) is 0 Å². The topological polar surface area (TPSA) is 42.9 Å². The smallest absolute Gasteiger partial charge is 0.191 e. The number of likely N-dealkylation sites (tertiary alicyclic amines) is 2. The molecule has 0 saturated carbocycles. The standard InChI is InChI=1S/C18H37N5.HI/c1-14(2)23-12-15(3)17(13-23)21-18(19-4)20-9-6-16-7-10-22(5)11-8-16;/h14-17H,6-13H2,1-5H3,(H2,19,20,21);1H. The molecular weight excluding hydrogens is 413 g/mol. The minimum atomic E-state index is 0. The van der Waals surface area contributed by atoms with Gasteiger partial charge in [0.1, 0.15) is 0 Å². The molecule has 142 valence electrons. The van der Waals surface area contributed by atoms with Crippen molar-refractivity contribution in [2.45, 2.75) is 52.1 Å². The zero-order chi connectivity index (χ0) is 16.8. The SMILES string of the molecule is CN=C(NCCC1CCN(C)CC1)NC1CN(C(C)C)CC1C.I. The van der Waals surface area contributed by atoms with Crippen molar-refractivity contribution < 1.29 is 0 Å². The van der Waals surface area contributed by atoms with Crippen LogP contribution >= 0.6 is 24.0 Å². The molecule has 0 aromatic heterocycles. The Morgan fingerprint density at radius 1 is 1.21 bits per heavy atom. The van der Waals surface area contributed by atoms with Crippen molar-refractivity contribution in [3.05, 3.63) is 0 Å². The molecule has 0 aliphatic carbocycles. The van der Waals surface area contributed by atoms with Gasteiger partial charge in [0, 0.05) is 38.8 Å². The van der Waals surface area contributed by atoms with Crippen LogP contribution in [0.5, 0.6) is 0 Å². The number of nitrogens with one attached hydrogen (secondary N) is 2. The lowest BCUT2D eigenvalue weighted by Crippen LogP contribution is -2.47. The molecule has 2 N–H and O–H groups in total. The van der Waals surface area contributed by atoms with Crippen molar-refractivity contribution in [3.8, 4) is 0 Å². The molecule has 2 heterocycles. The second-order valence-electron chi connectivity index (χ2n) is 7.81. The number of halogens is 1. The first kappa shape index (κ1) is 22.0. The lowest BCUT2D eigenvalue weighted by molar-refractivity contribution is 0.213. The third kappa shape index (κ3) is 6.67. The van der Waals surface area contributed by atoms with Crippen molar-refractivity contribution in [3.63, 3.8) is 0 Å². The first-order valence-corrected chi connectivity index (χ1v) is 9.39. The molecule has 0 bridgehead atoms. The molecule has 24 heavy (non-hydrogen) atoms. The minimum Gasteiger partial charge on any atom is -0.356 e. The molecule has 2 unspecified atom stereocenters. The molecule has 0 aromatic carbocycles. The third-order valence-corrected chi connectivity index (χ3v) is 5.60. The van der Waals surface area contributed by atoms with Gasteiger partial charge < -0.3 is 15.5 Å². The number of hydrogen-bond donors (Lipinski definition) is 2. The van der Waals surface area contributed by atoms with Crippen LogP contribution in [0.25, 0.3) is 0 Å². The number of hydrogen-bond acceptors (Lipinski definition) is 3. The maximum atomic E-state index is 4.42. The first-order chi connectivity index (χ1) is 11.0. The quantitative estimate of drug-likeness (QED) is 0.382. The van der Waals surface area contributed by atoms with Crippen LogP contribution < -0.4 is 10.6 Å². The second kappa shape index (κ2) is 10.8. The van der Waals surface area contributed by atoms with Gasteiger partial charge in [0.25, 0.3) is 0 Å². The average molecular weight is 451 g/mol. The van der Waals surface area contributed by atoms with Crippen LogP contribution in [0.4, 0.5) is 0 Å². The number of nitrogens with zero attached hydrogens (tertiary/aromatic N) is 3. The monoisotopic (exact) mass is 451 g/mol. The lowest BCUT2D eigenvalue weighted by Gasteiger charge is -2.29. The summed E-state index contributed by atoms with van der Waals surface area (Å²) in [6, 6.07) is 1.13. The summed E-state index contributed by atoms with van der Waals surface area (Å²) in [5.74, 6) is 2.52. The van der Waals surface area contributed by atoms with Gasteiger partial charge in [-0.3, -0.25) is 9.89 Å². The highest BCUT2D eigenvalue weighted by atomic mass is 127. The van der Waals surface area contributed by atoms with E-state index in [1.165, 1.54) is 38.9 Å². The zero-order valence-corrected chi connectivity index (χ0v) is 18.5. The molecule has 2 rings (SSSR count). The summed E-state index contributed by atoms with van der Waals surface area (Å²) < 4.78 is 0. The van der Waals surface area contributed by atoms with Gasteiger partial charge in [-0.2, -0.15) is 0 Å². The highest BCUT2D eigenvalue weighted by Crippen LogP contribution is 2.19. The fourth-order valence-electron chi connectivity index (χ4n) is 3.73. The maximum absolute atomic E-state index is 4.42. The van der Waals surface area contributed by atoms with Gasteiger partial charge in [-0.05, 0) is 65.1 Å². The van der Waals surface area contributed by atoms with Crippen molar-refractivity contribution in [2.24, 2.45) is 16.8 Å². The van der Waals surface area contributed by atoms with E-state index in [0.717, 1.165) is 25.0 Å². The zero-order valence-electron chi connectivity index (χ0n) is 16.2. The van der Waals surface area contributed by atoms with Gasteiger partial charge in [-0.1, -0.05) is 6.92 Å². The Bertz CT molecular complexity index is 380. The Hall–Kier alpha value is -0.0800. The number of aliphatic imine (C=N–C) groups is 1. The van der Waals surface area contributed by atoms with Gasteiger partial charge in [0.05, 0.1) is 0 Å².